The third-order valence-corrected chi connectivity index (χ3v) is 7.81. The van der Waals surface area contributed by atoms with Crippen LogP contribution < -0.4 is 5.73 Å². The number of fused-ring (bicyclic) bond motifs is 1. The Labute approximate surface area is 210 Å². The Hall–Kier alpha value is -3.28. The second kappa shape index (κ2) is 10.00. The molecule has 5 rings (SSSR count). The molecule has 0 spiro atoms. The summed E-state index contributed by atoms with van der Waals surface area (Å²) in [5, 5.41) is 8.87. The highest BCUT2D eigenvalue weighted by Crippen LogP contribution is 2.39. The molecule has 1 aliphatic rings. The second-order valence-electron chi connectivity index (χ2n) is 9.12. The number of nitrogens with two attached hydrogens (primary N) is 1. The molecule has 2 N–H and O–H groups in total. The van der Waals surface area contributed by atoms with E-state index in [1.165, 1.54) is 10.8 Å². The first kappa shape index (κ1) is 24.4. The summed E-state index contributed by atoms with van der Waals surface area (Å²) in [7, 11) is -1.99. The number of benzene rings is 1. The van der Waals surface area contributed by atoms with Crippen molar-refractivity contribution in [2.24, 2.45) is 0 Å². The highest BCUT2D eigenvalue weighted by atomic mass is 32.2. The predicted molar refractivity (Wildman–Crippen MR) is 136 cm³/mol. The minimum Gasteiger partial charge on any atom is -0.382 e. The van der Waals surface area contributed by atoms with Crippen molar-refractivity contribution in [3.63, 3.8) is 0 Å². The number of nitrogens with zero attached hydrogens (tertiary/aromatic N) is 5. The Balaban J connectivity index is 1.52. The van der Waals surface area contributed by atoms with E-state index in [4.69, 9.17) is 20.2 Å². The van der Waals surface area contributed by atoms with Crippen LogP contribution in [0.5, 0.6) is 0 Å². The van der Waals surface area contributed by atoms with E-state index in [1.54, 1.807) is 24.2 Å². The van der Waals surface area contributed by atoms with Gasteiger partial charge in [-0.05, 0) is 37.8 Å². The van der Waals surface area contributed by atoms with E-state index < -0.39 is 9.84 Å². The maximum absolute atomic E-state index is 12.8. The van der Waals surface area contributed by atoms with Gasteiger partial charge in [0.2, 0.25) is 0 Å². The minimum atomic E-state index is -3.64. The molecule has 4 aromatic rings. The summed E-state index contributed by atoms with van der Waals surface area (Å²) in [6.07, 6.45) is 9.77. The second-order valence-corrected chi connectivity index (χ2v) is 11.1. The van der Waals surface area contributed by atoms with Crippen LogP contribution in [0.25, 0.3) is 22.5 Å². The van der Waals surface area contributed by atoms with Crippen LogP contribution in [0.1, 0.15) is 37.3 Å². The van der Waals surface area contributed by atoms with Crippen molar-refractivity contribution >= 4 is 21.3 Å². The number of rotatable bonds is 8. The lowest BCUT2D eigenvalue weighted by molar-refractivity contribution is -0.00308. The molecule has 0 bridgehead atoms. The van der Waals surface area contributed by atoms with Crippen LogP contribution in [0, 0.1) is 0 Å². The van der Waals surface area contributed by atoms with Crippen LogP contribution in [-0.4, -0.2) is 65.5 Å². The van der Waals surface area contributed by atoms with E-state index in [-0.39, 0.29) is 22.7 Å². The van der Waals surface area contributed by atoms with Crippen LogP contribution >= 0.6 is 0 Å². The van der Waals surface area contributed by atoms with Gasteiger partial charge in [-0.15, -0.1) is 0 Å². The van der Waals surface area contributed by atoms with E-state index in [1.807, 2.05) is 36.5 Å². The van der Waals surface area contributed by atoms with Crippen LogP contribution in [0.4, 0.5) is 5.82 Å². The van der Waals surface area contributed by atoms with Gasteiger partial charge in [0.05, 0.1) is 43.1 Å². The number of anilines is 1. The molecule has 11 heteroatoms. The number of sulfone groups is 1. The summed E-state index contributed by atoms with van der Waals surface area (Å²) < 4.78 is 39.8. The molecule has 1 fully saturated rings. The van der Waals surface area contributed by atoms with E-state index >= 15 is 0 Å². The Morgan fingerprint density at radius 1 is 1.06 bits per heavy atom. The lowest BCUT2D eigenvalue weighted by Crippen LogP contribution is -2.24. The van der Waals surface area contributed by atoms with Gasteiger partial charge in [0.25, 0.3) is 0 Å². The quantitative estimate of drug-likeness (QED) is 0.358. The first-order valence-corrected chi connectivity index (χ1v) is 13.8. The van der Waals surface area contributed by atoms with Crippen molar-refractivity contribution in [2.45, 2.75) is 42.6 Å². The number of para-hydroxylation sites is 1. The van der Waals surface area contributed by atoms with E-state index in [2.05, 4.69) is 10.2 Å². The van der Waals surface area contributed by atoms with Crippen molar-refractivity contribution in [2.75, 3.05) is 32.3 Å². The lowest BCUT2D eigenvalue weighted by Gasteiger charge is -2.29. The maximum Gasteiger partial charge on any atom is 0.180 e. The smallest absolute Gasteiger partial charge is 0.180 e. The molecule has 3 heterocycles. The number of hydrogen-bond donors (Lipinski definition) is 1. The molecule has 0 unspecified atom stereocenters. The Bertz CT molecular complexity index is 1460. The molecule has 3 aromatic heterocycles. The van der Waals surface area contributed by atoms with E-state index in [0.29, 0.717) is 24.6 Å². The van der Waals surface area contributed by atoms with Crippen LogP contribution in [0.2, 0.25) is 0 Å². The molecule has 0 atom stereocenters. The van der Waals surface area contributed by atoms with Crippen LogP contribution in [0.3, 0.4) is 0 Å². The van der Waals surface area contributed by atoms with Gasteiger partial charge in [-0.3, -0.25) is 0 Å². The zero-order valence-electron chi connectivity index (χ0n) is 20.4. The summed E-state index contributed by atoms with van der Waals surface area (Å²) in [6.45, 7) is 1.10. The van der Waals surface area contributed by atoms with Gasteiger partial charge in [-0.25, -0.2) is 18.1 Å². The molecular weight excluding hydrogens is 480 g/mol. The fourth-order valence-electron chi connectivity index (χ4n) is 4.86. The third-order valence-electron chi connectivity index (χ3n) is 6.65. The summed E-state index contributed by atoms with van der Waals surface area (Å²) in [4.78, 5) is 4.95. The van der Waals surface area contributed by atoms with Gasteiger partial charge in [0, 0.05) is 36.6 Å². The van der Waals surface area contributed by atoms with Crippen molar-refractivity contribution in [3.8, 4) is 16.8 Å². The first-order valence-electron chi connectivity index (χ1n) is 11.9. The molecule has 0 aliphatic heterocycles. The zero-order chi connectivity index (χ0) is 25.3. The van der Waals surface area contributed by atoms with Crippen LogP contribution in [-0.2, 0) is 19.3 Å². The minimum absolute atomic E-state index is 0.0425. The third kappa shape index (κ3) is 4.73. The average molecular weight is 511 g/mol. The van der Waals surface area contributed by atoms with Gasteiger partial charge >= 0.3 is 0 Å². The van der Waals surface area contributed by atoms with Gasteiger partial charge in [0.1, 0.15) is 10.7 Å². The number of ether oxygens (including phenoxy) is 2. The maximum atomic E-state index is 12.8. The van der Waals surface area contributed by atoms with Crippen molar-refractivity contribution in [1.82, 2.24) is 24.4 Å². The molecule has 0 radical (unpaired) electrons. The molecule has 0 saturated heterocycles. The SMILES string of the molecule is COCCOC1CCC(c2nc3c(-c4cnn(-c5ccccc5)c4)cnn3c(N)c2S(C)(=O)=O)CC1. The monoisotopic (exact) mass is 510 g/mol. The molecule has 36 heavy (non-hydrogen) atoms. The summed E-state index contributed by atoms with van der Waals surface area (Å²) in [5.74, 6) is 0.0387. The molecule has 190 valence electrons. The Kier molecular flexibility index (Phi) is 6.78. The molecule has 1 saturated carbocycles. The van der Waals surface area contributed by atoms with Crippen molar-refractivity contribution in [3.05, 3.63) is 54.6 Å². The highest BCUT2D eigenvalue weighted by molar-refractivity contribution is 7.91. The molecule has 1 aromatic carbocycles. The van der Waals surface area contributed by atoms with Gasteiger partial charge in [-0.2, -0.15) is 14.7 Å². The topological polar surface area (TPSA) is 127 Å². The van der Waals surface area contributed by atoms with E-state index in [0.717, 1.165) is 42.5 Å². The van der Waals surface area contributed by atoms with Crippen molar-refractivity contribution in [1.29, 1.82) is 0 Å². The fourth-order valence-corrected chi connectivity index (χ4v) is 5.92. The number of methoxy groups -OCH3 is 1. The summed E-state index contributed by atoms with van der Waals surface area (Å²) >= 11 is 0. The molecule has 0 amide bonds. The molecule has 1 aliphatic carbocycles. The Morgan fingerprint density at radius 3 is 2.50 bits per heavy atom. The number of nitrogen functional groups attached to an aromatic ring is 1. The Morgan fingerprint density at radius 2 is 1.81 bits per heavy atom. The summed E-state index contributed by atoms with van der Waals surface area (Å²) in [6, 6.07) is 9.78. The van der Waals surface area contributed by atoms with Gasteiger partial charge < -0.3 is 15.2 Å². The largest absolute Gasteiger partial charge is 0.382 e. The van der Waals surface area contributed by atoms with Gasteiger partial charge in [-0.1, -0.05) is 18.2 Å². The normalized spacial score (nSPS) is 18.6. The van der Waals surface area contributed by atoms with Crippen LogP contribution in [0.15, 0.2) is 53.8 Å². The molecule has 10 nitrogen and oxygen atoms in total. The first-order chi connectivity index (χ1) is 17.4. The highest BCUT2D eigenvalue weighted by Gasteiger charge is 2.32. The van der Waals surface area contributed by atoms with Gasteiger partial charge in [0.15, 0.2) is 15.5 Å². The summed E-state index contributed by atoms with van der Waals surface area (Å²) in [5.41, 5.74) is 9.93. The lowest BCUT2D eigenvalue weighted by atomic mass is 9.85. The zero-order valence-corrected chi connectivity index (χ0v) is 21.2. The van der Waals surface area contributed by atoms with E-state index in [9.17, 15) is 8.42 Å². The average Bonchev–Trinajstić information content (AvgIpc) is 3.52. The number of hydrogen-bond acceptors (Lipinski definition) is 8. The van der Waals surface area contributed by atoms with Crippen molar-refractivity contribution < 1.29 is 17.9 Å². The molecular formula is C25H30N6O4S. The fraction of sp³-hybridized carbons (Fsp3) is 0.400. The number of aromatic nitrogens is 5. The predicted octanol–water partition coefficient (Wildman–Crippen LogP) is 3.26. The standard InChI is InChI=1S/C25H30N6O4S/c1-34-12-13-35-20-10-8-17(9-11-20)22-23(36(2,32)33)24(26)31-25(29-22)21(15-28-31)18-14-27-30(16-18)19-6-4-3-5-7-19/h3-7,14-17,20H,8-13,26H2,1-2H3.